The molecule has 1 heterocycles. The Hall–Kier alpha value is -2.65. The summed E-state index contributed by atoms with van der Waals surface area (Å²) in [5.41, 5.74) is 0. The highest BCUT2D eigenvalue weighted by molar-refractivity contribution is 7.85. The van der Waals surface area contributed by atoms with Gasteiger partial charge in [-0.15, -0.1) is 0 Å². The summed E-state index contributed by atoms with van der Waals surface area (Å²) in [7, 11) is -4.62. The van der Waals surface area contributed by atoms with Gasteiger partial charge in [0.15, 0.2) is 12.4 Å². The fourth-order valence-corrected chi connectivity index (χ4v) is 8.24. The van der Waals surface area contributed by atoms with Crippen molar-refractivity contribution >= 4 is 22.1 Å². The highest BCUT2D eigenvalue weighted by atomic mass is 32.2. The van der Waals surface area contributed by atoms with Gasteiger partial charge in [-0.2, -0.15) is 8.42 Å². The number of aliphatic hydroxyl groups excluding tert-OH is 3. The zero-order chi connectivity index (χ0) is 48.4. The topological polar surface area (TPSA) is 186 Å². The van der Waals surface area contributed by atoms with E-state index in [4.69, 9.17) is 18.9 Å². The molecule has 4 N–H and O–H groups in total. The lowest BCUT2D eigenvalue weighted by molar-refractivity contribution is -0.297. The summed E-state index contributed by atoms with van der Waals surface area (Å²) in [6, 6.07) is 0. The van der Waals surface area contributed by atoms with E-state index in [9.17, 15) is 37.9 Å². The third-order valence-corrected chi connectivity index (χ3v) is 12.3. The van der Waals surface area contributed by atoms with Crippen molar-refractivity contribution in [1.82, 2.24) is 0 Å². The van der Waals surface area contributed by atoms with Crippen molar-refractivity contribution in [3.05, 3.63) is 60.8 Å². The lowest BCUT2D eigenvalue weighted by atomic mass is 10.00. The molecular formula is C53H92O12S. The predicted molar refractivity (Wildman–Crippen MR) is 265 cm³/mol. The van der Waals surface area contributed by atoms with E-state index in [1.807, 2.05) is 12.2 Å². The zero-order valence-corrected chi connectivity index (χ0v) is 41.9. The Morgan fingerprint density at radius 2 is 0.924 bits per heavy atom. The van der Waals surface area contributed by atoms with Crippen LogP contribution in [0.1, 0.15) is 206 Å². The monoisotopic (exact) mass is 953 g/mol. The molecule has 13 heteroatoms. The van der Waals surface area contributed by atoms with E-state index < -0.39 is 71.2 Å². The minimum absolute atomic E-state index is 0.0861. The van der Waals surface area contributed by atoms with E-state index in [1.165, 1.54) is 109 Å². The van der Waals surface area contributed by atoms with Crippen LogP contribution in [-0.4, -0.2) is 96.0 Å². The van der Waals surface area contributed by atoms with Crippen LogP contribution in [0.2, 0.25) is 0 Å². The third-order valence-electron chi connectivity index (χ3n) is 11.6. The van der Waals surface area contributed by atoms with Crippen LogP contribution in [0.4, 0.5) is 0 Å². The molecule has 0 bridgehead atoms. The summed E-state index contributed by atoms with van der Waals surface area (Å²) in [5, 5.41) is 31.0. The summed E-state index contributed by atoms with van der Waals surface area (Å²) in [6.07, 6.45) is 44.1. The number of carbonyl (C=O) groups excluding carboxylic acids is 2. The Morgan fingerprint density at radius 1 is 0.515 bits per heavy atom. The van der Waals surface area contributed by atoms with Crippen molar-refractivity contribution in [1.29, 1.82) is 0 Å². The average molecular weight is 953 g/mol. The number of ether oxygens (including phenoxy) is 4. The number of esters is 2. The van der Waals surface area contributed by atoms with Crippen LogP contribution in [0, 0.1) is 0 Å². The van der Waals surface area contributed by atoms with Crippen molar-refractivity contribution < 1.29 is 56.8 Å². The van der Waals surface area contributed by atoms with Crippen molar-refractivity contribution in [3.8, 4) is 0 Å². The molecule has 0 spiro atoms. The first-order valence-corrected chi connectivity index (χ1v) is 27.5. The summed E-state index contributed by atoms with van der Waals surface area (Å²) < 4.78 is 54.2. The van der Waals surface area contributed by atoms with Gasteiger partial charge < -0.3 is 34.3 Å². The van der Waals surface area contributed by atoms with Crippen molar-refractivity contribution in [2.75, 3.05) is 19.0 Å². The lowest BCUT2D eigenvalue weighted by Crippen LogP contribution is -2.60. The van der Waals surface area contributed by atoms with E-state index >= 15 is 0 Å². The molecule has 1 saturated heterocycles. The molecule has 1 fully saturated rings. The maximum Gasteiger partial charge on any atom is 0.306 e. The molecule has 6 atom stereocenters. The van der Waals surface area contributed by atoms with Crippen LogP contribution in [-0.2, 0) is 38.7 Å². The molecule has 0 aromatic heterocycles. The quantitative estimate of drug-likeness (QED) is 0.0196. The number of carbonyl (C=O) groups is 2. The molecule has 0 aliphatic carbocycles. The van der Waals surface area contributed by atoms with E-state index in [1.54, 1.807) is 0 Å². The number of allylic oxidation sites excluding steroid dienone is 10. The SMILES string of the molecule is CCCCCCCC/C=C/CCCCCCCCCC(=O)OC[C@H](CO[C@H]1O[C@H](CS(=O)(=O)O)[C@@H](O)C(O)C1O)OC(=O)CCC/C=C/C/C=C/C/C=C/C/C=C/CCCCCCCCC. The molecule has 0 aromatic rings. The first-order chi connectivity index (χ1) is 32.0. The largest absolute Gasteiger partial charge is 0.462 e. The highest BCUT2D eigenvalue weighted by Gasteiger charge is 2.46. The van der Waals surface area contributed by atoms with Gasteiger partial charge in [0.05, 0.1) is 6.61 Å². The molecular weight excluding hydrogens is 861 g/mol. The maximum atomic E-state index is 12.8. The second kappa shape index (κ2) is 42.5. The van der Waals surface area contributed by atoms with E-state index in [2.05, 4.69) is 62.5 Å². The molecule has 382 valence electrons. The van der Waals surface area contributed by atoms with E-state index in [0.29, 0.717) is 19.3 Å². The Kier molecular flexibility index (Phi) is 39.5. The summed E-state index contributed by atoms with van der Waals surface area (Å²) >= 11 is 0. The molecule has 0 amide bonds. The summed E-state index contributed by atoms with van der Waals surface area (Å²) in [6.45, 7) is 3.72. The Balaban J connectivity index is 2.43. The van der Waals surface area contributed by atoms with Gasteiger partial charge in [-0.25, -0.2) is 0 Å². The first kappa shape index (κ1) is 61.4. The Bertz CT molecular complexity index is 1440. The van der Waals surface area contributed by atoms with Gasteiger partial charge in [-0.3, -0.25) is 14.1 Å². The van der Waals surface area contributed by atoms with Gasteiger partial charge in [-0.1, -0.05) is 177 Å². The minimum atomic E-state index is -4.62. The predicted octanol–water partition coefficient (Wildman–Crippen LogP) is 11.7. The molecule has 0 radical (unpaired) electrons. The smallest absolute Gasteiger partial charge is 0.306 e. The molecule has 1 aliphatic rings. The standard InChI is InChI=1S/C53H92O12S/c1-3-5-7-9-11-13-15-17-19-21-22-23-24-26-28-30-32-34-36-38-40-42-49(55)64-46(44-63-53-52(58)51(57)50(56)47(65-53)45-66(59,60)61)43-62-48(54)41-39-37-35-33-31-29-27-25-20-18-16-14-12-10-8-6-4-2/h18-21,23-24,28,30,34,36,46-47,50-53,56-58H,3-17,22,25-27,29,31-33,35,37-45H2,1-2H3,(H,59,60,61)/b20-18+,21-19+,24-23+,30-28+,36-34+/t46-,47-,50-,51?,52?,53+/m1/s1. The van der Waals surface area contributed by atoms with Crippen molar-refractivity contribution in [2.45, 2.75) is 243 Å². The molecule has 1 rings (SSSR count). The van der Waals surface area contributed by atoms with Gasteiger partial charge >= 0.3 is 11.9 Å². The number of unbranched alkanes of at least 4 members (excludes halogenated alkanes) is 21. The molecule has 0 aromatic carbocycles. The first-order valence-electron chi connectivity index (χ1n) is 25.8. The average Bonchev–Trinajstić information content (AvgIpc) is 3.28. The van der Waals surface area contributed by atoms with Crippen LogP contribution in [0.3, 0.4) is 0 Å². The number of hydrogen-bond donors (Lipinski definition) is 4. The zero-order valence-electron chi connectivity index (χ0n) is 41.0. The third kappa shape index (κ3) is 36.4. The summed E-state index contributed by atoms with van der Waals surface area (Å²) in [5.74, 6) is -2.06. The number of aliphatic hydroxyl groups is 3. The van der Waals surface area contributed by atoms with Crippen LogP contribution in [0.25, 0.3) is 0 Å². The fraction of sp³-hybridized carbons (Fsp3) is 0.774. The van der Waals surface area contributed by atoms with Gasteiger partial charge in [-0.05, 0) is 77.0 Å². The van der Waals surface area contributed by atoms with Crippen LogP contribution in [0.5, 0.6) is 0 Å². The fourth-order valence-electron chi connectivity index (χ4n) is 7.55. The lowest BCUT2D eigenvalue weighted by Gasteiger charge is -2.40. The number of rotatable bonds is 43. The maximum absolute atomic E-state index is 12.8. The van der Waals surface area contributed by atoms with Crippen molar-refractivity contribution in [3.63, 3.8) is 0 Å². The molecule has 12 nitrogen and oxygen atoms in total. The highest BCUT2D eigenvalue weighted by Crippen LogP contribution is 2.24. The van der Waals surface area contributed by atoms with E-state index in [0.717, 1.165) is 51.4 Å². The molecule has 0 saturated carbocycles. The second-order valence-electron chi connectivity index (χ2n) is 17.8. The normalized spacial score (nSPS) is 19.9. The Morgan fingerprint density at radius 3 is 1.41 bits per heavy atom. The summed E-state index contributed by atoms with van der Waals surface area (Å²) in [4.78, 5) is 25.5. The Labute approximate surface area is 400 Å². The van der Waals surface area contributed by atoms with Crippen LogP contribution >= 0.6 is 0 Å². The number of hydrogen-bond acceptors (Lipinski definition) is 11. The van der Waals surface area contributed by atoms with Gasteiger partial charge in [0.1, 0.15) is 36.8 Å². The van der Waals surface area contributed by atoms with Gasteiger partial charge in [0.2, 0.25) is 0 Å². The van der Waals surface area contributed by atoms with Gasteiger partial charge in [0.25, 0.3) is 10.1 Å². The van der Waals surface area contributed by atoms with Gasteiger partial charge in [0, 0.05) is 12.8 Å². The molecule has 1 aliphatic heterocycles. The van der Waals surface area contributed by atoms with Crippen molar-refractivity contribution in [2.24, 2.45) is 0 Å². The minimum Gasteiger partial charge on any atom is -0.462 e. The van der Waals surface area contributed by atoms with Crippen LogP contribution in [0.15, 0.2) is 60.8 Å². The molecule has 66 heavy (non-hydrogen) atoms. The van der Waals surface area contributed by atoms with Crippen LogP contribution < -0.4 is 0 Å². The molecule has 2 unspecified atom stereocenters. The van der Waals surface area contributed by atoms with E-state index in [-0.39, 0.29) is 19.4 Å². The second-order valence-corrected chi connectivity index (χ2v) is 19.3.